The highest BCUT2D eigenvalue weighted by Gasteiger charge is 2.15. The number of rotatable bonds is 5. The summed E-state index contributed by atoms with van der Waals surface area (Å²) in [4.78, 5) is 11.0. The molecule has 0 radical (unpaired) electrons. The summed E-state index contributed by atoms with van der Waals surface area (Å²) in [6.45, 7) is 3.17. The third kappa shape index (κ3) is 3.88. The second-order valence-corrected chi connectivity index (χ2v) is 5.56. The van der Waals surface area contributed by atoms with Gasteiger partial charge in [0.05, 0.1) is 6.10 Å². The maximum atomic E-state index is 9.83. The number of aromatic nitrogens is 2. The molecule has 1 aliphatic carbocycles. The Bertz CT molecular complexity index is 434. The first-order chi connectivity index (χ1) is 9.06. The van der Waals surface area contributed by atoms with Crippen molar-refractivity contribution in [3.05, 3.63) is 17.0 Å². The van der Waals surface area contributed by atoms with Crippen LogP contribution in [-0.4, -0.2) is 53.3 Å². The molecular formula is C14H24N4O. The van der Waals surface area contributed by atoms with Gasteiger partial charge in [0.15, 0.2) is 0 Å². The zero-order valence-electron chi connectivity index (χ0n) is 12.1. The van der Waals surface area contributed by atoms with Gasteiger partial charge >= 0.3 is 0 Å². The van der Waals surface area contributed by atoms with E-state index in [1.165, 1.54) is 24.1 Å². The summed E-state index contributed by atoms with van der Waals surface area (Å²) in [5.74, 6) is 0.649. The summed E-state index contributed by atoms with van der Waals surface area (Å²) in [7, 11) is 3.89. The average molecular weight is 264 g/mol. The van der Waals surface area contributed by atoms with Crippen LogP contribution in [0.4, 0.5) is 5.95 Å². The minimum atomic E-state index is -0.407. The van der Waals surface area contributed by atoms with Gasteiger partial charge in [-0.25, -0.2) is 9.97 Å². The molecule has 1 unspecified atom stereocenters. The lowest BCUT2D eigenvalue weighted by molar-refractivity contribution is 0.148. The molecule has 1 heterocycles. The van der Waals surface area contributed by atoms with E-state index < -0.39 is 6.10 Å². The maximum absolute atomic E-state index is 9.83. The Labute approximate surface area is 115 Å². The van der Waals surface area contributed by atoms with E-state index in [9.17, 15) is 5.11 Å². The summed E-state index contributed by atoms with van der Waals surface area (Å²) in [6.07, 6.45) is 4.20. The second kappa shape index (κ2) is 6.30. The molecule has 0 fully saturated rings. The van der Waals surface area contributed by atoms with Crippen molar-refractivity contribution < 1.29 is 5.11 Å². The number of hydrogen-bond donors (Lipinski definition) is 2. The number of likely N-dealkylation sites (N-methyl/N-ethyl adjacent to an activating group) is 1. The van der Waals surface area contributed by atoms with Crippen molar-refractivity contribution in [2.45, 2.75) is 38.7 Å². The van der Waals surface area contributed by atoms with Gasteiger partial charge in [0.2, 0.25) is 5.95 Å². The molecular weight excluding hydrogens is 240 g/mol. The van der Waals surface area contributed by atoms with Gasteiger partial charge in [-0.3, -0.25) is 0 Å². The molecule has 0 aromatic carbocycles. The van der Waals surface area contributed by atoms with Crippen LogP contribution in [0.5, 0.6) is 0 Å². The number of hydrogen-bond acceptors (Lipinski definition) is 5. The van der Waals surface area contributed by atoms with Crippen molar-refractivity contribution in [3.63, 3.8) is 0 Å². The first-order valence-corrected chi connectivity index (χ1v) is 6.99. The van der Waals surface area contributed by atoms with Gasteiger partial charge in [0.1, 0.15) is 0 Å². The Hall–Kier alpha value is -1.20. The molecule has 106 valence electrons. The van der Waals surface area contributed by atoms with E-state index in [-0.39, 0.29) is 0 Å². The summed E-state index contributed by atoms with van der Waals surface area (Å²) in [6, 6.07) is 0. The van der Waals surface area contributed by atoms with Crippen molar-refractivity contribution in [3.8, 4) is 0 Å². The number of aliphatic hydroxyl groups excluding tert-OH is 1. The van der Waals surface area contributed by atoms with Gasteiger partial charge in [-0.1, -0.05) is 0 Å². The van der Waals surface area contributed by atoms with Crippen LogP contribution in [0.2, 0.25) is 0 Å². The molecule has 1 aromatic rings. The van der Waals surface area contributed by atoms with Crippen LogP contribution in [0.25, 0.3) is 0 Å². The molecule has 1 aliphatic rings. The number of nitrogens with one attached hydrogen (secondary N) is 1. The fourth-order valence-corrected chi connectivity index (χ4v) is 2.56. The van der Waals surface area contributed by atoms with Crippen LogP contribution in [0.15, 0.2) is 0 Å². The Morgan fingerprint density at radius 1 is 1.26 bits per heavy atom. The highest BCUT2D eigenvalue weighted by atomic mass is 16.3. The van der Waals surface area contributed by atoms with Crippen LogP contribution >= 0.6 is 0 Å². The van der Waals surface area contributed by atoms with E-state index in [4.69, 9.17) is 0 Å². The molecule has 5 nitrogen and oxygen atoms in total. The van der Waals surface area contributed by atoms with E-state index in [2.05, 4.69) is 15.3 Å². The lowest BCUT2D eigenvalue weighted by Crippen LogP contribution is -2.32. The van der Waals surface area contributed by atoms with Gasteiger partial charge in [0, 0.05) is 24.5 Å². The van der Waals surface area contributed by atoms with Crippen molar-refractivity contribution in [1.29, 1.82) is 0 Å². The minimum absolute atomic E-state index is 0.407. The minimum Gasteiger partial charge on any atom is -0.390 e. The van der Waals surface area contributed by atoms with Crippen LogP contribution in [0.1, 0.15) is 29.8 Å². The standard InChI is InChI=1S/C14H24N4O/c1-10-12-6-4-5-7-13(12)17-14(16-10)15-8-11(19)9-18(2)3/h11,19H,4-9H2,1-3H3,(H,15,16,17). The zero-order valence-corrected chi connectivity index (χ0v) is 12.1. The molecule has 0 spiro atoms. The number of anilines is 1. The van der Waals surface area contributed by atoms with E-state index in [0.29, 0.717) is 19.0 Å². The highest BCUT2D eigenvalue weighted by Crippen LogP contribution is 2.22. The fraction of sp³-hybridized carbons (Fsp3) is 0.714. The van der Waals surface area contributed by atoms with Gasteiger partial charge in [-0.2, -0.15) is 0 Å². The first-order valence-electron chi connectivity index (χ1n) is 6.99. The Morgan fingerprint density at radius 3 is 2.74 bits per heavy atom. The van der Waals surface area contributed by atoms with Gasteiger partial charge < -0.3 is 15.3 Å². The zero-order chi connectivity index (χ0) is 13.8. The molecule has 0 saturated heterocycles. The Morgan fingerprint density at radius 2 is 2.00 bits per heavy atom. The average Bonchev–Trinajstić information content (AvgIpc) is 2.36. The van der Waals surface area contributed by atoms with Crippen LogP contribution in [-0.2, 0) is 12.8 Å². The third-order valence-electron chi connectivity index (χ3n) is 3.46. The SMILES string of the molecule is Cc1nc(NCC(O)CN(C)C)nc2c1CCCC2. The van der Waals surface area contributed by atoms with Crippen LogP contribution in [0.3, 0.4) is 0 Å². The van der Waals surface area contributed by atoms with Crippen LogP contribution in [0, 0.1) is 6.92 Å². The molecule has 2 rings (SSSR count). The molecule has 1 aromatic heterocycles. The topological polar surface area (TPSA) is 61.3 Å². The van der Waals surface area contributed by atoms with Gasteiger partial charge in [-0.05, 0) is 52.3 Å². The molecule has 0 saturated carbocycles. The second-order valence-electron chi connectivity index (χ2n) is 5.56. The van der Waals surface area contributed by atoms with E-state index in [1.807, 2.05) is 25.9 Å². The Balaban J connectivity index is 1.99. The molecule has 5 heteroatoms. The number of fused-ring (bicyclic) bond motifs is 1. The van der Waals surface area contributed by atoms with Gasteiger partial charge in [0.25, 0.3) is 0 Å². The van der Waals surface area contributed by atoms with Crippen LogP contribution < -0.4 is 5.32 Å². The summed E-state index contributed by atoms with van der Waals surface area (Å²) < 4.78 is 0. The van der Waals surface area contributed by atoms with E-state index >= 15 is 0 Å². The van der Waals surface area contributed by atoms with Crippen molar-refractivity contribution in [2.75, 3.05) is 32.5 Å². The summed E-state index contributed by atoms with van der Waals surface area (Å²) in [5, 5.41) is 13.0. The lowest BCUT2D eigenvalue weighted by Gasteiger charge is -2.19. The monoisotopic (exact) mass is 264 g/mol. The third-order valence-corrected chi connectivity index (χ3v) is 3.46. The molecule has 19 heavy (non-hydrogen) atoms. The molecule has 0 aliphatic heterocycles. The largest absolute Gasteiger partial charge is 0.390 e. The number of aliphatic hydroxyl groups is 1. The number of aryl methyl sites for hydroxylation is 2. The quantitative estimate of drug-likeness (QED) is 0.831. The summed E-state index contributed by atoms with van der Waals surface area (Å²) >= 11 is 0. The lowest BCUT2D eigenvalue weighted by atomic mass is 9.95. The van der Waals surface area contributed by atoms with Crippen molar-refractivity contribution >= 4 is 5.95 Å². The smallest absolute Gasteiger partial charge is 0.223 e. The molecule has 0 amide bonds. The molecule has 2 N–H and O–H groups in total. The predicted molar refractivity (Wildman–Crippen MR) is 76.5 cm³/mol. The summed E-state index contributed by atoms with van der Waals surface area (Å²) in [5.41, 5.74) is 3.59. The predicted octanol–water partition coefficient (Wildman–Crippen LogP) is 0.998. The molecule has 0 bridgehead atoms. The van der Waals surface area contributed by atoms with Crippen molar-refractivity contribution in [1.82, 2.24) is 14.9 Å². The highest BCUT2D eigenvalue weighted by molar-refractivity contribution is 5.35. The maximum Gasteiger partial charge on any atom is 0.223 e. The van der Waals surface area contributed by atoms with Crippen molar-refractivity contribution in [2.24, 2.45) is 0 Å². The van der Waals surface area contributed by atoms with Gasteiger partial charge in [-0.15, -0.1) is 0 Å². The number of nitrogens with zero attached hydrogens (tertiary/aromatic N) is 3. The fourth-order valence-electron chi connectivity index (χ4n) is 2.56. The Kier molecular flexibility index (Phi) is 4.71. The van der Waals surface area contributed by atoms with E-state index in [0.717, 1.165) is 18.5 Å². The van der Waals surface area contributed by atoms with E-state index in [1.54, 1.807) is 0 Å². The normalized spacial score (nSPS) is 16.3. The molecule has 1 atom stereocenters. The first kappa shape index (κ1) is 14.2.